The molecule has 168 valence electrons. The largest absolute Gasteiger partial charge is 0.497 e. The third-order valence-electron chi connectivity index (χ3n) is 5.83. The molecule has 4 nitrogen and oxygen atoms in total. The molecule has 1 heterocycles. The summed E-state index contributed by atoms with van der Waals surface area (Å²) in [5, 5.41) is 0. The maximum absolute atomic E-state index is 13.9. The van der Waals surface area contributed by atoms with Crippen LogP contribution >= 0.6 is 0 Å². The van der Waals surface area contributed by atoms with Crippen LogP contribution in [0.4, 0.5) is 14.5 Å². The lowest BCUT2D eigenvalue weighted by Gasteiger charge is -2.36. The van der Waals surface area contributed by atoms with Crippen LogP contribution in [0.15, 0.2) is 72.8 Å². The average molecular weight is 439 g/mol. The molecule has 1 saturated heterocycles. The van der Waals surface area contributed by atoms with Crippen LogP contribution in [-0.4, -0.2) is 44.7 Å². The Morgan fingerprint density at radius 3 is 2.16 bits per heavy atom. The zero-order valence-corrected chi connectivity index (χ0v) is 18.2. The minimum Gasteiger partial charge on any atom is -0.497 e. The predicted molar refractivity (Wildman–Crippen MR) is 122 cm³/mol. The lowest BCUT2D eigenvalue weighted by atomic mass is 10.1. The zero-order valence-electron chi connectivity index (χ0n) is 18.2. The molecule has 0 aliphatic carbocycles. The molecule has 32 heavy (non-hydrogen) atoms. The quantitative estimate of drug-likeness (QED) is 0.476. The van der Waals surface area contributed by atoms with Crippen molar-refractivity contribution in [3.63, 3.8) is 0 Å². The third-order valence-corrected chi connectivity index (χ3v) is 5.83. The molecule has 0 spiro atoms. The molecule has 0 aromatic heterocycles. The fourth-order valence-corrected chi connectivity index (χ4v) is 4.00. The molecule has 1 aliphatic heterocycles. The first-order chi connectivity index (χ1) is 15.6. The molecule has 6 heteroatoms. The van der Waals surface area contributed by atoms with Gasteiger partial charge in [-0.05, 0) is 66.2 Å². The van der Waals surface area contributed by atoms with Crippen molar-refractivity contribution >= 4 is 5.69 Å². The first-order valence-electron chi connectivity index (χ1n) is 10.9. The number of hydrogen-bond acceptors (Lipinski definition) is 4. The number of anilines is 1. The Bertz CT molecular complexity index is 987. The first kappa shape index (κ1) is 22.1. The second-order valence-electron chi connectivity index (χ2n) is 7.93. The van der Waals surface area contributed by atoms with Gasteiger partial charge in [0.1, 0.15) is 29.2 Å². The van der Waals surface area contributed by atoms with Crippen molar-refractivity contribution in [2.24, 2.45) is 0 Å². The van der Waals surface area contributed by atoms with Gasteiger partial charge in [-0.15, -0.1) is 0 Å². The van der Waals surface area contributed by atoms with Gasteiger partial charge in [-0.1, -0.05) is 12.1 Å². The van der Waals surface area contributed by atoms with Crippen molar-refractivity contribution in [1.29, 1.82) is 0 Å². The number of ether oxygens (including phenoxy) is 2. The Balaban J connectivity index is 1.37. The van der Waals surface area contributed by atoms with Crippen molar-refractivity contribution in [3.8, 4) is 11.5 Å². The van der Waals surface area contributed by atoms with Gasteiger partial charge in [-0.25, -0.2) is 8.78 Å². The van der Waals surface area contributed by atoms with Gasteiger partial charge < -0.3 is 14.4 Å². The van der Waals surface area contributed by atoms with Gasteiger partial charge in [0, 0.05) is 44.8 Å². The maximum Gasteiger partial charge on any atom is 0.125 e. The van der Waals surface area contributed by atoms with Crippen LogP contribution in [-0.2, 0) is 0 Å². The van der Waals surface area contributed by atoms with Crippen molar-refractivity contribution in [2.45, 2.75) is 12.5 Å². The SMILES string of the molecule is COc1ccc(OC(CCN2CCN(c3ccc(F)cc3)CC2)c2cccc(F)c2)cc1. The molecule has 1 fully saturated rings. The van der Waals surface area contributed by atoms with E-state index < -0.39 is 0 Å². The van der Waals surface area contributed by atoms with Gasteiger partial charge in [0.25, 0.3) is 0 Å². The van der Waals surface area contributed by atoms with Crippen molar-refractivity contribution < 1.29 is 18.3 Å². The van der Waals surface area contributed by atoms with E-state index in [0.29, 0.717) is 0 Å². The summed E-state index contributed by atoms with van der Waals surface area (Å²) in [6, 6.07) is 20.7. The van der Waals surface area contributed by atoms with Gasteiger partial charge in [0.2, 0.25) is 0 Å². The number of piperazine rings is 1. The van der Waals surface area contributed by atoms with Gasteiger partial charge in [-0.3, -0.25) is 4.90 Å². The van der Waals surface area contributed by atoms with E-state index in [9.17, 15) is 8.78 Å². The molecule has 0 radical (unpaired) electrons. The number of methoxy groups -OCH3 is 1. The normalized spacial score (nSPS) is 15.4. The van der Waals surface area contributed by atoms with E-state index in [1.165, 1.54) is 18.2 Å². The maximum atomic E-state index is 13.9. The van der Waals surface area contributed by atoms with E-state index in [-0.39, 0.29) is 17.7 Å². The topological polar surface area (TPSA) is 24.9 Å². The Morgan fingerprint density at radius 2 is 1.50 bits per heavy atom. The predicted octanol–water partition coefficient (Wildman–Crippen LogP) is 5.31. The molecule has 1 atom stereocenters. The highest BCUT2D eigenvalue weighted by Gasteiger charge is 2.20. The molecular weight excluding hydrogens is 410 g/mol. The fraction of sp³-hybridized carbons (Fsp3) is 0.308. The molecule has 0 bridgehead atoms. The molecule has 0 N–H and O–H groups in total. The molecule has 1 unspecified atom stereocenters. The fourth-order valence-electron chi connectivity index (χ4n) is 4.00. The number of hydrogen-bond donors (Lipinski definition) is 0. The van der Waals surface area contributed by atoms with Crippen LogP contribution in [0.2, 0.25) is 0 Å². The van der Waals surface area contributed by atoms with E-state index in [2.05, 4.69) is 9.80 Å². The number of nitrogens with zero attached hydrogens (tertiary/aromatic N) is 2. The van der Waals surface area contributed by atoms with Crippen molar-refractivity contribution in [2.75, 3.05) is 44.7 Å². The molecule has 3 aromatic rings. The molecular formula is C26H28F2N2O2. The first-order valence-corrected chi connectivity index (χ1v) is 10.9. The number of halogens is 2. The summed E-state index contributed by atoms with van der Waals surface area (Å²) in [7, 11) is 1.63. The van der Waals surface area contributed by atoms with Crippen LogP contribution in [0, 0.1) is 11.6 Å². The summed E-state index contributed by atoms with van der Waals surface area (Å²) < 4.78 is 38.5. The van der Waals surface area contributed by atoms with Crippen molar-refractivity contribution in [3.05, 3.63) is 90.0 Å². The second kappa shape index (κ2) is 10.5. The summed E-state index contributed by atoms with van der Waals surface area (Å²) in [5.41, 5.74) is 1.87. The van der Waals surface area contributed by atoms with Crippen LogP contribution in [0.1, 0.15) is 18.1 Å². The lowest BCUT2D eigenvalue weighted by molar-refractivity contribution is 0.159. The van der Waals surface area contributed by atoms with E-state index in [0.717, 1.165) is 61.9 Å². The summed E-state index contributed by atoms with van der Waals surface area (Å²) in [6.45, 7) is 4.44. The zero-order chi connectivity index (χ0) is 22.3. The average Bonchev–Trinajstić information content (AvgIpc) is 2.83. The lowest BCUT2D eigenvalue weighted by Crippen LogP contribution is -2.46. The summed E-state index contributed by atoms with van der Waals surface area (Å²) in [6.07, 6.45) is 0.487. The Labute approximate surface area is 188 Å². The minimum atomic E-state index is -0.265. The number of benzene rings is 3. The molecule has 4 rings (SSSR count). The Morgan fingerprint density at radius 1 is 0.812 bits per heavy atom. The van der Waals surface area contributed by atoms with Crippen LogP contribution in [0.25, 0.3) is 0 Å². The summed E-state index contributed by atoms with van der Waals surface area (Å²) in [5.74, 6) is 1.01. The van der Waals surface area contributed by atoms with Crippen LogP contribution < -0.4 is 14.4 Å². The highest BCUT2D eigenvalue weighted by molar-refractivity contribution is 5.46. The van der Waals surface area contributed by atoms with Crippen LogP contribution in [0.3, 0.4) is 0 Å². The summed E-state index contributed by atoms with van der Waals surface area (Å²) in [4.78, 5) is 4.66. The Kier molecular flexibility index (Phi) is 7.22. The van der Waals surface area contributed by atoms with E-state index in [4.69, 9.17) is 9.47 Å². The third kappa shape index (κ3) is 5.77. The smallest absolute Gasteiger partial charge is 0.125 e. The standard InChI is InChI=1S/C26H28F2N2O2/c1-31-24-9-11-25(12-10-24)32-26(20-3-2-4-22(28)19-20)13-14-29-15-17-30(18-16-29)23-7-5-21(27)6-8-23/h2-12,19,26H,13-18H2,1H3. The van der Waals surface area contributed by atoms with Gasteiger partial charge in [-0.2, -0.15) is 0 Å². The van der Waals surface area contributed by atoms with Gasteiger partial charge in [0.15, 0.2) is 0 Å². The van der Waals surface area contributed by atoms with E-state index in [1.807, 2.05) is 42.5 Å². The van der Waals surface area contributed by atoms with E-state index in [1.54, 1.807) is 19.2 Å². The second-order valence-corrected chi connectivity index (χ2v) is 7.93. The summed E-state index contributed by atoms with van der Waals surface area (Å²) >= 11 is 0. The minimum absolute atomic E-state index is 0.215. The number of rotatable bonds is 8. The molecule has 1 aliphatic rings. The highest BCUT2D eigenvalue weighted by Crippen LogP contribution is 2.27. The molecule has 0 saturated carbocycles. The Hall–Kier alpha value is -3.12. The highest BCUT2D eigenvalue weighted by atomic mass is 19.1. The van der Waals surface area contributed by atoms with Crippen LogP contribution in [0.5, 0.6) is 11.5 Å². The van der Waals surface area contributed by atoms with E-state index >= 15 is 0 Å². The van der Waals surface area contributed by atoms with Gasteiger partial charge in [0.05, 0.1) is 7.11 Å². The van der Waals surface area contributed by atoms with Gasteiger partial charge >= 0.3 is 0 Å². The monoisotopic (exact) mass is 438 g/mol. The molecule has 3 aromatic carbocycles. The van der Waals surface area contributed by atoms with Crippen molar-refractivity contribution in [1.82, 2.24) is 4.90 Å². The molecule has 0 amide bonds.